The smallest absolute Gasteiger partial charge is 0.274 e. The maximum absolute atomic E-state index is 13.3. The summed E-state index contributed by atoms with van der Waals surface area (Å²) < 4.78 is 4.13. The van der Waals surface area contributed by atoms with Gasteiger partial charge in [-0.2, -0.15) is 0 Å². The molecule has 0 aliphatic heterocycles. The number of Topliss-reactive ketones (excluding diaryl/α,β-unsaturated/α-hetero) is 2. The minimum Gasteiger partial charge on any atom is -0.354 e. The van der Waals surface area contributed by atoms with Crippen molar-refractivity contribution in [3.8, 4) is 0 Å². The molecule has 0 spiro atoms. The van der Waals surface area contributed by atoms with Gasteiger partial charge in [0.1, 0.15) is 29.7 Å². The number of nitrogens with zero attached hydrogens (tertiary/aromatic N) is 5. The number of rotatable bonds is 15. The van der Waals surface area contributed by atoms with Crippen LogP contribution in [0.25, 0.3) is 0 Å². The first kappa shape index (κ1) is 31.6. The summed E-state index contributed by atoms with van der Waals surface area (Å²) in [5, 5.41) is 7.87. The first-order chi connectivity index (χ1) is 20.0. The molecule has 3 amide bonds. The molecule has 3 aromatic rings. The van der Waals surface area contributed by atoms with Crippen LogP contribution in [-0.2, 0) is 35.0 Å². The summed E-state index contributed by atoms with van der Waals surface area (Å²) in [6.45, 7) is 4.33. The van der Waals surface area contributed by atoms with E-state index in [4.69, 9.17) is 0 Å². The van der Waals surface area contributed by atoms with Crippen LogP contribution in [0.2, 0.25) is 0 Å². The molecular weight excluding hydrogens is 544 g/mol. The molecule has 14 nitrogen and oxygen atoms in total. The van der Waals surface area contributed by atoms with Crippen molar-refractivity contribution < 1.29 is 24.0 Å². The summed E-state index contributed by atoms with van der Waals surface area (Å²) in [6, 6.07) is 1.59. The topological polar surface area (TPSA) is 179 Å². The molecule has 3 heterocycles. The Morgan fingerprint density at radius 1 is 1.05 bits per heavy atom. The Morgan fingerprint density at radius 2 is 1.79 bits per heavy atom. The summed E-state index contributed by atoms with van der Waals surface area (Å²) in [4.78, 5) is 84.5. The Hall–Kier alpha value is -4.88. The van der Waals surface area contributed by atoms with Gasteiger partial charge in [0.15, 0.2) is 0 Å². The Kier molecular flexibility index (Phi) is 11.0. The van der Waals surface area contributed by atoms with Gasteiger partial charge in [-0.05, 0) is 24.5 Å². The Balaban J connectivity index is 1.73. The lowest BCUT2D eigenvalue weighted by Crippen LogP contribution is -2.45. The molecule has 0 fully saturated rings. The molecule has 0 aromatic carbocycles. The molecule has 0 saturated carbocycles. The Morgan fingerprint density at radius 3 is 2.40 bits per heavy atom. The van der Waals surface area contributed by atoms with Gasteiger partial charge in [-0.1, -0.05) is 26.7 Å². The SMILES string of the molecule is CCC(CC)CNC(=O)Cn1cccc(NC(=O)[C@H](CCC(=O)C(=O)c2cn(C)cn2)NC(=O)c2cncn2C)c1=O. The van der Waals surface area contributed by atoms with E-state index in [1.807, 2.05) is 13.8 Å². The lowest BCUT2D eigenvalue weighted by atomic mass is 10.0. The van der Waals surface area contributed by atoms with E-state index in [0.29, 0.717) is 12.5 Å². The lowest BCUT2D eigenvalue weighted by molar-refractivity contribution is -0.122. The van der Waals surface area contributed by atoms with E-state index in [1.54, 1.807) is 14.1 Å². The monoisotopic (exact) mass is 580 g/mol. The third-order valence-electron chi connectivity index (χ3n) is 6.86. The molecule has 224 valence electrons. The van der Waals surface area contributed by atoms with Crippen LogP contribution in [-0.4, -0.2) is 65.5 Å². The molecular formula is C28H36N8O6. The number of hydrogen-bond donors (Lipinski definition) is 3. The van der Waals surface area contributed by atoms with Crippen molar-refractivity contribution in [3.63, 3.8) is 0 Å². The number of carbonyl (C=O) groups is 5. The van der Waals surface area contributed by atoms with Crippen molar-refractivity contribution >= 4 is 35.0 Å². The van der Waals surface area contributed by atoms with Gasteiger partial charge in [0.05, 0.1) is 18.9 Å². The highest BCUT2D eigenvalue weighted by Gasteiger charge is 2.27. The second-order valence-electron chi connectivity index (χ2n) is 9.96. The van der Waals surface area contributed by atoms with Crippen LogP contribution in [0.1, 0.15) is 60.5 Å². The van der Waals surface area contributed by atoms with Crippen LogP contribution < -0.4 is 21.5 Å². The van der Waals surface area contributed by atoms with Crippen molar-refractivity contribution in [2.45, 2.75) is 52.1 Å². The van der Waals surface area contributed by atoms with Crippen LogP contribution >= 0.6 is 0 Å². The fourth-order valence-corrected chi connectivity index (χ4v) is 4.16. The fourth-order valence-electron chi connectivity index (χ4n) is 4.16. The van der Waals surface area contributed by atoms with Gasteiger partial charge in [-0.3, -0.25) is 28.8 Å². The molecule has 0 bridgehead atoms. The molecule has 14 heteroatoms. The maximum Gasteiger partial charge on any atom is 0.274 e. The fraction of sp³-hybridized carbons (Fsp3) is 0.429. The average Bonchev–Trinajstić information content (AvgIpc) is 3.60. The summed E-state index contributed by atoms with van der Waals surface area (Å²) >= 11 is 0. The largest absolute Gasteiger partial charge is 0.354 e. The molecule has 0 aliphatic rings. The third-order valence-corrected chi connectivity index (χ3v) is 6.86. The Labute approximate surface area is 242 Å². The molecule has 1 atom stereocenters. The lowest BCUT2D eigenvalue weighted by Gasteiger charge is -2.18. The van der Waals surface area contributed by atoms with Crippen molar-refractivity contribution in [1.29, 1.82) is 0 Å². The molecule has 3 rings (SSSR count). The number of carbonyl (C=O) groups excluding carboxylic acids is 5. The van der Waals surface area contributed by atoms with Gasteiger partial charge in [0.25, 0.3) is 11.5 Å². The summed E-state index contributed by atoms with van der Waals surface area (Å²) in [5.41, 5.74) is -0.617. The standard InChI is InChI=1S/C28H36N8O6/c1-5-18(6-2)12-30-24(38)15-36-11-7-8-20(28(36)42)33-26(40)19(32-27(41)22-13-29-16-35(22)4)9-10-23(37)25(39)21-14-34(3)17-31-21/h7-8,11,13-14,16-19H,5-6,9-10,12,15H2,1-4H3,(H,30,38)(H,32,41)(H,33,40)/t19-/m0/s1. The zero-order valence-electron chi connectivity index (χ0n) is 24.1. The van der Waals surface area contributed by atoms with Crippen LogP contribution in [0.5, 0.6) is 0 Å². The number of hydrogen-bond acceptors (Lipinski definition) is 8. The number of anilines is 1. The highest BCUT2D eigenvalue weighted by molar-refractivity contribution is 6.43. The third kappa shape index (κ3) is 8.32. The van der Waals surface area contributed by atoms with E-state index in [0.717, 1.165) is 17.4 Å². The van der Waals surface area contributed by atoms with E-state index < -0.39 is 35.0 Å². The maximum atomic E-state index is 13.3. The zero-order valence-corrected chi connectivity index (χ0v) is 24.1. The van der Waals surface area contributed by atoms with Gasteiger partial charge in [0.2, 0.25) is 23.4 Å². The number of aromatic nitrogens is 5. The van der Waals surface area contributed by atoms with Gasteiger partial charge in [-0.15, -0.1) is 0 Å². The normalized spacial score (nSPS) is 11.6. The van der Waals surface area contributed by atoms with Crippen molar-refractivity contribution in [1.82, 2.24) is 34.3 Å². The molecule has 0 unspecified atom stereocenters. The molecule has 42 heavy (non-hydrogen) atoms. The quantitative estimate of drug-likeness (QED) is 0.175. The van der Waals surface area contributed by atoms with Gasteiger partial charge >= 0.3 is 0 Å². The van der Waals surface area contributed by atoms with Crippen molar-refractivity contribution in [2.24, 2.45) is 20.0 Å². The number of aryl methyl sites for hydroxylation is 2. The molecule has 0 aliphatic carbocycles. The van der Waals surface area contributed by atoms with E-state index >= 15 is 0 Å². The van der Waals surface area contributed by atoms with Crippen LogP contribution in [0.3, 0.4) is 0 Å². The molecule has 0 radical (unpaired) electrons. The van der Waals surface area contributed by atoms with Crippen LogP contribution in [0.15, 0.2) is 48.2 Å². The molecule has 0 saturated heterocycles. The number of ketones is 2. The number of imidazole rings is 2. The zero-order chi connectivity index (χ0) is 30.8. The summed E-state index contributed by atoms with van der Waals surface area (Å²) in [6.07, 6.45) is 8.17. The van der Waals surface area contributed by atoms with Gasteiger partial charge < -0.3 is 29.7 Å². The summed E-state index contributed by atoms with van der Waals surface area (Å²) in [7, 11) is 3.25. The second kappa shape index (κ2) is 14.7. The minimum absolute atomic E-state index is 0.0313. The van der Waals surface area contributed by atoms with E-state index in [-0.39, 0.29) is 42.4 Å². The molecule has 3 aromatic heterocycles. The highest BCUT2D eigenvalue weighted by atomic mass is 16.2. The predicted octanol–water partition coefficient (Wildman–Crippen LogP) is 0.837. The van der Waals surface area contributed by atoms with Gasteiger partial charge in [-0.25, -0.2) is 9.97 Å². The minimum atomic E-state index is -1.29. The predicted molar refractivity (Wildman–Crippen MR) is 153 cm³/mol. The number of amides is 3. The van der Waals surface area contributed by atoms with E-state index in [9.17, 15) is 28.8 Å². The second-order valence-corrected chi connectivity index (χ2v) is 9.96. The van der Waals surface area contributed by atoms with E-state index in [2.05, 4.69) is 25.9 Å². The average molecular weight is 581 g/mol. The van der Waals surface area contributed by atoms with Gasteiger partial charge in [0, 0.05) is 39.5 Å². The van der Waals surface area contributed by atoms with Crippen LogP contribution in [0, 0.1) is 5.92 Å². The summed E-state index contributed by atoms with van der Waals surface area (Å²) in [5.74, 6) is -3.04. The Bertz CT molecular complexity index is 1500. The first-order valence-corrected chi connectivity index (χ1v) is 13.6. The highest BCUT2D eigenvalue weighted by Crippen LogP contribution is 2.09. The van der Waals surface area contributed by atoms with E-state index in [1.165, 1.54) is 52.5 Å². The first-order valence-electron chi connectivity index (χ1n) is 13.6. The van der Waals surface area contributed by atoms with Crippen molar-refractivity contribution in [2.75, 3.05) is 11.9 Å². The number of pyridine rings is 1. The van der Waals surface area contributed by atoms with Crippen molar-refractivity contribution in [3.05, 3.63) is 65.1 Å². The van der Waals surface area contributed by atoms with Crippen LogP contribution in [0.4, 0.5) is 5.69 Å². The number of nitrogens with one attached hydrogen (secondary N) is 3. The molecule has 3 N–H and O–H groups in total.